The van der Waals surface area contributed by atoms with E-state index in [0.717, 1.165) is 11.1 Å². The summed E-state index contributed by atoms with van der Waals surface area (Å²) in [6, 6.07) is 10.1. The number of fused-ring (bicyclic) bond motifs is 1. The highest BCUT2D eigenvalue weighted by molar-refractivity contribution is 6.03. The van der Waals surface area contributed by atoms with Crippen molar-refractivity contribution in [2.75, 3.05) is 25.1 Å². The number of rotatable bonds is 13. The normalized spacial score (nSPS) is 15.6. The Labute approximate surface area is 240 Å². The number of hydrogen-bond acceptors (Lipinski definition) is 9. The number of ketones is 3. The van der Waals surface area contributed by atoms with Gasteiger partial charge in [-0.15, -0.1) is 0 Å². The van der Waals surface area contributed by atoms with Crippen molar-refractivity contribution in [1.82, 2.24) is 0 Å². The summed E-state index contributed by atoms with van der Waals surface area (Å²) in [5.41, 5.74) is 2.87. The van der Waals surface area contributed by atoms with Crippen molar-refractivity contribution < 1.29 is 52.4 Å². The molecule has 0 bridgehead atoms. The van der Waals surface area contributed by atoms with Crippen LogP contribution in [0.25, 0.3) is 11.1 Å². The number of aliphatic hydroxyl groups is 2. The highest BCUT2D eigenvalue weighted by Gasteiger charge is 2.35. The molecular formula is C30H41NO10. The first-order chi connectivity index (χ1) is 19.0. The molecule has 2 aromatic carbocycles. The molecule has 0 fully saturated rings. The van der Waals surface area contributed by atoms with E-state index in [1.54, 1.807) is 30.3 Å². The molecule has 0 aromatic heterocycles. The molecule has 226 valence electrons. The second-order valence-corrected chi connectivity index (χ2v) is 10.2. The molecule has 1 aliphatic rings. The first kappa shape index (κ1) is 33.3. The number of benzene rings is 2. The van der Waals surface area contributed by atoms with Gasteiger partial charge in [-0.1, -0.05) is 18.2 Å². The van der Waals surface area contributed by atoms with Crippen molar-refractivity contribution in [1.29, 1.82) is 0 Å². The Morgan fingerprint density at radius 2 is 1.73 bits per heavy atom. The Bertz CT molecular complexity index is 1280. The number of Topliss-reactive ketones (excluding diaryl/α,β-unsaturated/α-hetero) is 3. The number of amides is 1. The molecule has 3 unspecified atom stereocenters. The van der Waals surface area contributed by atoms with E-state index in [2.05, 4.69) is 10.1 Å². The summed E-state index contributed by atoms with van der Waals surface area (Å²) in [4.78, 5) is 60.2. The standard InChI is InChI=1S/C30H35NO9.H2O.2H2/c1-17(34)11-27(37)25(15-33)21(9-10-32)12-19-13-24-23(7-8-26(36)30(24)28(38)14-19)20-3-5-22(6-4-20)31-29(39)16-40-18(2)35;;;/h3-8,19,21,25,32-33,36H,9-16H2,1-2H3,(H,31,39);1H2;2*1H. The number of aliphatic hydroxyl groups excluding tert-OH is 2. The van der Waals surface area contributed by atoms with Gasteiger partial charge in [-0.05, 0) is 72.9 Å². The van der Waals surface area contributed by atoms with E-state index in [1.807, 2.05) is 0 Å². The molecule has 6 N–H and O–H groups in total. The van der Waals surface area contributed by atoms with Crippen LogP contribution in [-0.2, 0) is 30.3 Å². The van der Waals surface area contributed by atoms with Gasteiger partial charge < -0.3 is 30.8 Å². The van der Waals surface area contributed by atoms with Gasteiger partial charge in [-0.3, -0.25) is 24.0 Å². The summed E-state index contributed by atoms with van der Waals surface area (Å²) in [5, 5.41) is 32.7. The smallest absolute Gasteiger partial charge is 0.303 e. The molecule has 3 atom stereocenters. The monoisotopic (exact) mass is 575 g/mol. The number of anilines is 1. The van der Waals surface area contributed by atoms with Gasteiger partial charge >= 0.3 is 5.97 Å². The van der Waals surface area contributed by atoms with Crippen LogP contribution in [0.4, 0.5) is 5.69 Å². The van der Waals surface area contributed by atoms with Crippen molar-refractivity contribution in [3.63, 3.8) is 0 Å². The van der Waals surface area contributed by atoms with Gasteiger partial charge in [0.05, 0.1) is 18.6 Å². The predicted molar refractivity (Wildman–Crippen MR) is 153 cm³/mol. The average molecular weight is 576 g/mol. The number of esters is 1. The molecule has 0 spiro atoms. The minimum atomic E-state index is -0.820. The van der Waals surface area contributed by atoms with Crippen LogP contribution in [-0.4, -0.2) is 69.8 Å². The number of aromatic hydroxyl groups is 1. The van der Waals surface area contributed by atoms with Gasteiger partial charge in [0, 0.05) is 34.4 Å². The first-order valence-electron chi connectivity index (χ1n) is 13.2. The number of phenolic OH excluding ortho intramolecular Hbond substituents is 1. The van der Waals surface area contributed by atoms with Gasteiger partial charge in [0.15, 0.2) is 12.4 Å². The number of carbonyl (C=O) groups is 5. The SMILES string of the molecule is CC(=O)CC(=O)C(CO)C(CCO)CC1CC(=O)c2c(O)ccc(-c3ccc(NC(=O)COC(C)=O)cc3)c2C1.O.[HH].[HH]. The lowest BCUT2D eigenvalue weighted by molar-refractivity contribution is -0.145. The van der Waals surface area contributed by atoms with Crippen molar-refractivity contribution in [3.8, 4) is 16.9 Å². The van der Waals surface area contributed by atoms with Crippen LogP contribution in [0.3, 0.4) is 0 Å². The number of hydrogen-bond donors (Lipinski definition) is 4. The van der Waals surface area contributed by atoms with E-state index >= 15 is 0 Å². The summed E-state index contributed by atoms with van der Waals surface area (Å²) in [5.74, 6) is -3.54. The fourth-order valence-electron chi connectivity index (χ4n) is 5.39. The van der Waals surface area contributed by atoms with Gasteiger partial charge in [0.1, 0.15) is 17.3 Å². The van der Waals surface area contributed by atoms with Crippen molar-refractivity contribution in [2.24, 2.45) is 17.8 Å². The van der Waals surface area contributed by atoms with Gasteiger partial charge in [-0.2, -0.15) is 0 Å². The molecule has 41 heavy (non-hydrogen) atoms. The fraction of sp³-hybridized carbons (Fsp3) is 0.433. The number of nitrogens with one attached hydrogen (secondary N) is 1. The van der Waals surface area contributed by atoms with Crippen LogP contribution in [0.15, 0.2) is 36.4 Å². The van der Waals surface area contributed by atoms with Gasteiger partial charge in [-0.25, -0.2) is 0 Å². The zero-order valence-electron chi connectivity index (χ0n) is 23.1. The zero-order valence-corrected chi connectivity index (χ0v) is 23.1. The molecule has 0 aliphatic heterocycles. The molecule has 1 aliphatic carbocycles. The maximum Gasteiger partial charge on any atom is 0.303 e. The number of phenols is 1. The van der Waals surface area contributed by atoms with Gasteiger partial charge in [0.2, 0.25) is 0 Å². The Kier molecular flexibility index (Phi) is 12.3. The van der Waals surface area contributed by atoms with Crippen molar-refractivity contribution >= 4 is 34.9 Å². The molecule has 1 amide bonds. The van der Waals surface area contributed by atoms with E-state index in [1.165, 1.54) is 19.9 Å². The largest absolute Gasteiger partial charge is 0.507 e. The summed E-state index contributed by atoms with van der Waals surface area (Å²) < 4.78 is 4.69. The van der Waals surface area contributed by atoms with E-state index in [4.69, 9.17) is 0 Å². The predicted octanol–water partition coefficient (Wildman–Crippen LogP) is 2.52. The summed E-state index contributed by atoms with van der Waals surface area (Å²) >= 11 is 0. The fourth-order valence-corrected chi connectivity index (χ4v) is 5.39. The van der Waals surface area contributed by atoms with Crippen LogP contribution in [0.1, 0.15) is 58.3 Å². The Morgan fingerprint density at radius 3 is 2.32 bits per heavy atom. The van der Waals surface area contributed by atoms with E-state index in [9.17, 15) is 39.3 Å². The molecule has 11 heteroatoms. The second-order valence-electron chi connectivity index (χ2n) is 10.2. The average Bonchev–Trinajstić information content (AvgIpc) is 2.88. The Balaban J connectivity index is 0.00000588. The molecule has 11 nitrogen and oxygen atoms in total. The zero-order chi connectivity index (χ0) is 29.4. The first-order valence-corrected chi connectivity index (χ1v) is 13.2. The lowest BCUT2D eigenvalue weighted by atomic mass is 9.72. The minimum absolute atomic E-state index is 0. The van der Waals surface area contributed by atoms with Crippen LogP contribution >= 0.6 is 0 Å². The third-order valence-corrected chi connectivity index (χ3v) is 7.16. The summed E-state index contributed by atoms with van der Waals surface area (Å²) in [7, 11) is 0. The van der Waals surface area contributed by atoms with Crippen LogP contribution in [0.5, 0.6) is 5.75 Å². The third-order valence-electron chi connectivity index (χ3n) is 7.16. The molecule has 0 heterocycles. The maximum absolute atomic E-state index is 13.2. The molecule has 3 rings (SSSR count). The highest BCUT2D eigenvalue weighted by atomic mass is 16.5. The molecule has 0 radical (unpaired) electrons. The van der Waals surface area contributed by atoms with E-state index < -0.39 is 36.9 Å². The Morgan fingerprint density at radius 1 is 1.05 bits per heavy atom. The van der Waals surface area contributed by atoms with Crippen LogP contribution in [0.2, 0.25) is 0 Å². The van der Waals surface area contributed by atoms with E-state index in [0.29, 0.717) is 24.1 Å². The van der Waals surface area contributed by atoms with Crippen molar-refractivity contribution in [2.45, 2.75) is 46.0 Å². The maximum atomic E-state index is 13.2. The summed E-state index contributed by atoms with van der Waals surface area (Å²) in [6.07, 6.45) is 0.885. The second kappa shape index (κ2) is 15.2. The lowest BCUT2D eigenvalue weighted by Crippen LogP contribution is -2.32. The highest BCUT2D eigenvalue weighted by Crippen LogP contribution is 2.41. The number of carbonyl (C=O) groups excluding carboxylic acids is 5. The van der Waals surface area contributed by atoms with Crippen LogP contribution in [0, 0.1) is 17.8 Å². The summed E-state index contributed by atoms with van der Waals surface area (Å²) in [6.45, 7) is 1.45. The molecular weight excluding hydrogens is 534 g/mol. The molecule has 0 saturated carbocycles. The lowest BCUT2D eigenvalue weighted by Gasteiger charge is -2.31. The van der Waals surface area contributed by atoms with E-state index in [-0.39, 0.29) is 68.8 Å². The van der Waals surface area contributed by atoms with Crippen molar-refractivity contribution in [3.05, 3.63) is 47.5 Å². The topological polar surface area (TPSA) is 199 Å². The number of ether oxygens (including phenoxy) is 1. The third kappa shape index (κ3) is 8.78. The molecule has 2 aromatic rings. The quantitative estimate of drug-likeness (QED) is 0.205. The minimum Gasteiger partial charge on any atom is -0.507 e. The van der Waals surface area contributed by atoms with Gasteiger partial charge in [0.25, 0.3) is 5.91 Å². The van der Waals surface area contributed by atoms with Crippen LogP contribution < -0.4 is 5.32 Å². The Hall–Kier alpha value is -3.93. The molecule has 0 saturated heterocycles.